The van der Waals surface area contributed by atoms with Gasteiger partial charge in [0.1, 0.15) is 24.1 Å². The number of aromatic hydroxyl groups is 1. The van der Waals surface area contributed by atoms with Crippen molar-refractivity contribution in [2.24, 2.45) is 0 Å². The summed E-state index contributed by atoms with van der Waals surface area (Å²) < 4.78 is 12.0. The number of carboxylic acids is 1. The summed E-state index contributed by atoms with van der Waals surface area (Å²) in [5.74, 6) is -0.940. The number of carbonyl (C=O) groups is 2. The Kier molecular flexibility index (Phi) is 5.88. The lowest BCUT2D eigenvalue weighted by Gasteiger charge is -2.17. The number of ether oxygens (including phenoxy) is 2. The molecule has 1 saturated carbocycles. The van der Waals surface area contributed by atoms with Gasteiger partial charge in [-0.05, 0) is 56.0 Å². The Morgan fingerprint density at radius 3 is 2.48 bits per heavy atom. The lowest BCUT2D eigenvalue weighted by atomic mass is 10.1. The molecular weight excluding hydrogens is 400 g/mol. The number of nitrogens with zero attached hydrogens (tertiary/aromatic N) is 1. The van der Waals surface area contributed by atoms with E-state index in [2.05, 4.69) is 10.3 Å². The molecule has 8 heteroatoms. The maximum Gasteiger partial charge on any atom is 0.322 e. The van der Waals surface area contributed by atoms with E-state index < -0.39 is 18.4 Å². The number of para-hydroxylation sites is 1. The quantitative estimate of drug-likeness (QED) is 0.529. The first-order chi connectivity index (χ1) is 15.0. The van der Waals surface area contributed by atoms with Gasteiger partial charge in [-0.15, -0.1) is 0 Å². The third-order valence-electron chi connectivity index (χ3n) is 5.09. The molecule has 0 radical (unpaired) electrons. The smallest absolute Gasteiger partial charge is 0.322 e. The average molecular weight is 422 g/mol. The number of carboxylic acid groups (broad SMARTS) is 1. The van der Waals surface area contributed by atoms with Gasteiger partial charge in [-0.1, -0.05) is 18.2 Å². The van der Waals surface area contributed by atoms with Crippen molar-refractivity contribution < 1.29 is 29.3 Å². The largest absolute Gasteiger partial charge is 0.505 e. The molecule has 0 atom stereocenters. The molecule has 0 spiro atoms. The fourth-order valence-electron chi connectivity index (χ4n) is 3.59. The first kappa shape index (κ1) is 20.5. The number of amides is 1. The average Bonchev–Trinajstić information content (AvgIpc) is 3.28. The SMILES string of the molecule is O=C(O)CNC(=O)c1nc(OC2CCCC2)c2cc(Oc3ccccc3)ccc2c1O. The summed E-state index contributed by atoms with van der Waals surface area (Å²) in [6.45, 7) is -0.583. The lowest BCUT2D eigenvalue weighted by Crippen LogP contribution is -2.30. The zero-order valence-corrected chi connectivity index (χ0v) is 16.7. The minimum absolute atomic E-state index is 0.0335. The van der Waals surface area contributed by atoms with Crippen LogP contribution in [0.25, 0.3) is 10.8 Å². The van der Waals surface area contributed by atoms with E-state index in [9.17, 15) is 14.7 Å². The molecule has 3 N–H and O–H groups in total. The predicted octanol–water partition coefficient (Wildman–Crippen LogP) is 3.87. The van der Waals surface area contributed by atoms with Crippen LogP contribution in [0.3, 0.4) is 0 Å². The Morgan fingerprint density at radius 1 is 1.03 bits per heavy atom. The van der Waals surface area contributed by atoms with Crippen molar-refractivity contribution in [1.29, 1.82) is 0 Å². The molecule has 1 aliphatic rings. The highest BCUT2D eigenvalue weighted by Crippen LogP contribution is 2.38. The van der Waals surface area contributed by atoms with Gasteiger partial charge in [-0.3, -0.25) is 9.59 Å². The summed E-state index contributed by atoms with van der Waals surface area (Å²) in [5, 5.41) is 22.6. The minimum atomic E-state index is -1.20. The first-order valence-corrected chi connectivity index (χ1v) is 10.1. The van der Waals surface area contributed by atoms with Gasteiger partial charge in [0.15, 0.2) is 11.4 Å². The molecule has 8 nitrogen and oxygen atoms in total. The summed E-state index contributed by atoms with van der Waals surface area (Å²) in [4.78, 5) is 27.5. The Labute approximate surface area is 178 Å². The van der Waals surface area contributed by atoms with E-state index in [4.69, 9.17) is 14.6 Å². The molecule has 1 aliphatic carbocycles. The number of benzene rings is 2. The Hall–Kier alpha value is -3.81. The Morgan fingerprint density at radius 2 is 1.77 bits per heavy atom. The second kappa shape index (κ2) is 8.91. The van der Waals surface area contributed by atoms with Crippen molar-refractivity contribution in [1.82, 2.24) is 10.3 Å². The molecular formula is C23H22N2O6. The standard InChI is InChI=1S/C23H22N2O6/c26-19(27)13-24-22(29)20-21(28)17-11-10-16(30-14-6-2-1-3-7-14)12-18(17)23(25-20)31-15-8-4-5-9-15/h1-3,6-7,10-12,15,28H,4-5,8-9,13H2,(H,24,29)(H,26,27). The predicted molar refractivity (Wildman–Crippen MR) is 113 cm³/mol. The van der Waals surface area contributed by atoms with Gasteiger partial charge in [-0.2, -0.15) is 0 Å². The van der Waals surface area contributed by atoms with E-state index in [0.717, 1.165) is 25.7 Å². The fourth-order valence-corrected chi connectivity index (χ4v) is 3.59. The number of aromatic nitrogens is 1. The van der Waals surface area contributed by atoms with Crippen LogP contribution in [0.15, 0.2) is 48.5 Å². The van der Waals surface area contributed by atoms with Crippen molar-refractivity contribution in [3.8, 4) is 23.1 Å². The molecule has 160 valence electrons. The molecule has 0 bridgehead atoms. The number of fused-ring (bicyclic) bond motifs is 1. The van der Waals surface area contributed by atoms with Gasteiger partial charge in [0, 0.05) is 5.39 Å². The van der Waals surface area contributed by atoms with Gasteiger partial charge in [0.25, 0.3) is 5.91 Å². The topological polar surface area (TPSA) is 118 Å². The second-order valence-corrected chi connectivity index (χ2v) is 7.34. The van der Waals surface area contributed by atoms with Gasteiger partial charge >= 0.3 is 5.97 Å². The first-order valence-electron chi connectivity index (χ1n) is 10.1. The highest BCUT2D eigenvalue weighted by atomic mass is 16.5. The van der Waals surface area contributed by atoms with Crippen molar-refractivity contribution in [2.45, 2.75) is 31.8 Å². The number of hydrogen-bond acceptors (Lipinski definition) is 6. The molecule has 4 rings (SSSR count). The monoisotopic (exact) mass is 422 g/mol. The highest BCUT2D eigenvalue weighted by Gasteiger charge is 2.24. The normalized spacial score (nSPS) is 13.8. The van der Waals surface area contributed by atoms with Crippen LogP contribution in [0.1, 0.15) is 36.2 Å². The van der Waals surface area contributed by atoms with Gasteiger partial charge in [0.05, 0.1) is 5.39 Å². The van der Waals surface area contributed by atoms with Crippen LogP contribution in [0.5, 0.6) is 23.1 Å². The summed E-state index contributed by atoms with van der Waals surface area (Å²) >= 11 is 0. The van der Waals surface area contributed by atoms with Gasteiger partial charge < -0.3 is 25.0 Å². The Balaban J connectivity index is 1.74. The van der Waals surface area contributed by atoms with Crippen LogP contribution >= 0.6 is 0 Å². The lowest BCUT2D eigenvalue weighted by molar-refractivity contribution is -0.135. The van der Waals surface area contributed by atoms with Crippen LogP contribution < -0.4 is 14.8 Å². The molecule has 0 aliphatic heterocycles. The van der Waals surface area contributed by atoms with Crippen molar-refractivity contribution in [2.75, 3.05) is 6.54 Å². The number of carbonyl (C=O) groups excluding carboxylic acids is 1. The zero-order valence-electron chi connectivity index (χ0n) is 16.7. The summed E-state index contributed by atoms with van der Waals surface area (Å²) in [6.07, 6.45) is 3.83. The van der Waals surface area contributed by atoms with Crippen LogP contribution in [-0.4, -0.2) is 39.7 Å². The van der Waals surface area contributed by atoms with Gasteiger partial charge in [-0.25, -0.2) is 4.98 Å². The van der Waals surface area contributed by atoms with Crippen LogP contribution in [-0.2, 0) is 4.79 Å². The van der Waals surface area contributed by atoms with E-state index in [0.29, 0.717) is 22.3 Å². The van der Waals surface area contributed by atoms with Crippen molar-refractivity contribution in [3.05, 3.63) is 54.2 Å². The number of rotatable bonds is 7. The number of nitrogens with one attached hydrogen (secondary N) is 1. The number of aliphatic carboxylic acids is 1. The zero-order chi connectivity index (χ0) is 21.8. The van der Waals surface area contributed by atoms with Crippen LogP contribution in [0.2, 0.25) is 0 Å². The fraction of sp³-hybridized carbons (Fsp3) is 0.261. The van der Waals surface area contributed by atoms with Gasteiger partial charge in [0.2, 0.25) is 5.88 Å². The van der Waals surface area contributed by atoms with Crippen LogP contribution in [0.4, 0.5) is 0 Å². The maximum absolute atomic E-state index is 12.4. The van der Waals surface area contributed by atoms with E-state index in [1.807, 2.05) is 30.3 Å². The van der Waals surface area contributed by atoms with E-state index in [-0.39, 0.29) is 23.4 Å². The molecule has 1 fully saturated rings. The van der Waals surface area contributed by atoms with Crippen LogP contribution in [0, 0.1) is 0 Å². The van der Waals surface area contributed by atoms with Crippen molar-refractivity contribution >= 4 is 22.6 Å². The minimum Gasteiger partial charge on any atom is -0.505 e. The molecule has 1 heterocycles. The molecule has 1 aromatic heterocycles. The Bertz CT molecular complexity index is 1110. The highest BCUT2D eigenvalue weighted by molar-refractivity contribution is 6.04. The molecule has 0 unspecified atom stereocenters. The number of pyridine rings is 1. The maximum atomic E-state index is 12.4. The van der Waals surface area contributed by atoms with E-state index >= 15 is 0 Å². The second-order valence-electron chi connectivity index (χ2n) is 7.34. The third-order valence-corrected chi connectivity index (χ3v) is 5.09. The third kappa shape index (κ3) is 4.69. The summed E-state index contributed by atoms with van der Waals surface area (Å²) in [7, 11) is 0. The van der Waals surface area contributed by atoms with Crippen molar-refractivity contribution in [3.63, 3.8) is 0 Å². The molecule has 2 aromatic carbocycles. The summed E-state index contributed by atoms with van der Waals surface area (Å²) in [6, 6.07) is 14.3. The molecule has 31 heavy (non-hydrogen) atoms. The van der Waals surface area contributed by atoms with E-state index in [1.54, 1.807) is 18.2 Å². The summed E-state index contributed by atoms with van der Waals surface area (Å²) in [5.41, 5.74) is -0.279. The molecule has 1 amide bonds. The number of hydrogen-bond donors (Lipinski definition) is 3. The molecule has 3 aromatic rings. The van der Waals surface area contributed by atoms with E-state index in [1.165, 1.54) is 0 Å². The molecule has 0 saturated heterocycles.